The predicted molar refractivity (Wildman–Crippen MR) is 73.2 cm³/mol. The highest BCUT2D eigenvalue weighted by Crippen LogP contribution is 2.27. The van der Waals surface area contributed by atoms with Gasteiger partial charge in [-0.25, -0.2) is 0 Å². The van der Waals surface area contributed by atoms with Gasteiger partial charge in [0.1, 0.15) is 0 Å². The first-order valence-electron chi connectivity index (χ1n) is 5.91. The number of hydrogen-bond acceptors (Lipinski definition) is 2. The largest absolute Gasteiger partial charge is 0.320 e. The van der Waals surface area contributed by atoms with Crippen molar-refractivity contribution in [2.24, 2.45) is 5.92 Å². The minimum Gasteiger partial charge on any atom is -0.320 e. The van der Waals surface area contributed by atoms with Gasteiger partial charge >= 0.3 is 0 Å². The molecule has 2 rings (SSSR count). The van der Waals surface area contributed by atoms with Gasteiger partial charge in [-0.2, -0.15) is 0 Å². The summed E-state index contributed by atoms with van der Waals surface area (Å²) in [7, 11) is 2.02. The monoisotopic (exact) mass is 233 g/mol. The summed E-state index contributed by atoms with van der Waals surface area (Å²) in [6.45, 7) is 3.45. The molecule has 0 radical (unpaired) electrons. The van der Waals surface area contributed by atoms with E-state index < -0.39 is 0 Å². The van der Waals surface area contributed by atoms with Gasteiger partial charge in [0.25, 0.3) is 0 Å². The van der Waals surface area contributed by atoms with E-state index in [4.69, 9.17) is 0 Å². The van der Waals surface area contributed by atoms with Crippen LogP contribution in [0.3, 0.4) is 0 Å². The topological polar surface area (TPSA) is 12.0 Å². The summed E-state index contributed by atoms with van der Waals surface area (Å²) in [5, 5.41) is 6.99. The number of rotatable bonds is 5. The quantitative estimate of drug-likeness (QED) is 0.830. The van der Waals surface area contributed by atoms with E-state index in [0.29, 0.717) is 0 Å². The van der Waals surface area contributed by atoms with Crippen LogP contribution in [0.1, 0.15) is 18.9 Å². The first-order valence-corrected chi connectivity index (χ1v) is 6.79. The fourth-order valence-corrected chi connectivity index (χ4v) is 3.03. The normalized spacial score (nSPS) is 13.1. The van der Waals surface area contributed by atoms with Crippen LogP contribution in [-0.4, -0.2) is 13.6 Å². The van der Waals surface area contributed by atoms with Gasteiger partial charge in [-0.15, -0.1) is 11.3 Å². The van der Waals surface area contributed by atoms with Crippen molar-refractivity contribution in [3.63, 3.8) is 0 Å². The lowest BCUT2D eigenvalue weighted by Crippen LogP contribution is -2.12. The standard InChI is InChI=1S/C14H19NS/c1-11(7-8-15-2)9-12-10-16-14-6-4-3-5-13(12)14/h3-6,10-11,15H,7-9H2,1-2H3. The molecule has 1 atom stereocenters. The van der Waals surface area contributed by atoms with Gasteiger partial charge in [-0.3, -0.25) is 0 Å². The molecule has 1 nitrogen and oxygen atoms in total. The number of nitrogens with one attached hydrogen (secondary N) is 1. The maximum absolute atomic E-state index is 3.22. The summed E-state index contributed by atoms with van der Waals surface area (Å²) >= 11 is 1.86. The van der Waals surface area contributed by atoms with Crippen molar-refractivity contribution in [3.8, 4) is 0 Å². The summed E-state index contributed by atoms with van der Waals surface area (Å²) in [4.78, 5) is 0. The van der Waals surface area contributed by atoms with Crippen molar-refractivity contribution in [2.45, 2.75) is 19.8 Å². The fraction of sp³-hybridized carbons (Fsp3) is 0.429. The Morgan fingerprint density at radius 2 is 2.12 bits per heavy atom. The Kier molecular flexibility index (Phi) is 3.97. The first-order chi connectivity index (χ1) is 7.81. The molecule has 0 saturated carbocycles. The second kappa shape index (κ2) is 5.46. The molecule has 0 spiro atoms. The second-order valence-corrected chi connectivity index (χ2v) is 5.37. The molecule has 0 fully saturated rings. The third-order valence-corrected chi connectivity index (χ3v) is 4.03. The van der Waals surface area contributed by atoms with Crippen LogP contribution in [-0.2, 0) is 6.42 Å². The Balaban J connectivity index is 2.09. The maximum Gasteiger partial charge on any atom is 0.0345 e. The summed E-state index contributed by atoms with van der Waals surface area (Å²) in [6.07, 6.45) is 2.45. The van der Waals surface area contributed by atoms with Crippen LogP contribution in [0.5, 0.6) is 0 Å². The van der Waals surface area contributed by atoms with Crippen LogP contribution in [0.15, 0.2) is 29.6 Å². The van der Waals surface area contributed by atoms with Gasteiger partial charge in [0.15, 0.2) is 0 Å². The van der Waals surface area contributed by atoms with Gasteiger partial charge in [0.05, 0.1) is 0 Å². The maximum atomic E-state index is 3.22. The van der Waals surface area contributed by atoms with Crippen molar-refractivity contribution in [3.05, 3.63) is 35.2 Å². The zero-order valence-corrected chi connectivity index (χ0v) is 10.8. The molecular formula is C14H19NS. The van der Waals surface area contributed by atoms with Crippen molar-refractivity contribution in [2.75, 3.05) is 13.6 Å². The van der Waals surface area contributed by atoms with E-state index in [-0.39, 0.29) is 0 Å². The third-order valence-electron chi connectivity index (χ3n) is 3.02. The number of hydrogen-bond donors (Lipinski definition) is 1. The Labute approximate surface area is 101 Å². The van der Waals surface area contributed by atoms with E-state index in [2.05, 4.69) is 41.9 Å². The van der Waals surface area contributed by atoms with E-state index in [9.17, 15) is 0 Å². The molecule has 0 aliphatic carbocycles. The molecule has 0 aliphatic rings. The highest BCUT2D eigenvalue weighted by molar-refractivity contribution is 7.17. The summed E-state index contributed by atoms with van der Waals surface area (Å²) in [6, 6.07) is 8.71. The minimum atomic E-state index is 0.755. The molecule has 0 saturated heterocycles. The second-order valence-electron chi connectivity index (χ2n) is 4.46. The summed E-state index contributed by atoms with van der Waals surface area (Å²) in [5.41, 5.74) is 1.52. The van der Waals surface area contributed by atoms with Crippen molar-refractivity contribution >= 4 is 21.4 Å². The number of benzene rings is 1. The van der Waals surface area contributed by atoms with Crippen molar-refractivity contribution in [1.29, 1.82) is 0 Å². The molecule has 1 aromatic heterocycles. The van der Waals surface area contributed by atoms with Crippen LogP contribution in [0.25, 0.3) is 10.1 Å². The molecule has 2 heteroatoms. The van der Waals surface area contributed by atoms with E-state index in [1.807, 2.05) is 18.4 Å². The van der Waals surface area contributed by atoms with E-state index in [1.54, 1.807) is 0 Å². The number of thiophene rings is 1. The Morgan fingerprint density at radius 3 is 2.94 bits per heavy atom. The molecule has 16 heavy (non-hydrogen) atoms. The Hall–Kier alpha value is -0.860. The van der Waals surface area contributed by atoms with E-state index in [0.717, 1.165) is 12.5 Å². The Bertz CT molecular complexity index is 447. The van der Waals surface area contributed by atoms with Gasteiger partial charge in [0.2, 0.25) is 0 Å². The summed E-state index contributed by atoms with van der Waals surface area (Å²) in [5.74, 6) is 0.755. The average Bonchev–Trinajstić information content (AvgIpc) is 2.70. The molecular weight excluding hydrogens is 214 g/mol. The lowest BCUT2D eigenvalue weighted by molar-refractivity contribution is 0.517. The van der Waals surface area contributed by atoms with Crippen LogP contribution in [0.2, 0.25) is 0 Å². The Morgan fingerprint density at radius 1 is 1.31 bits per heavy atom. The zero-order valence-electron chi connectivity index (χ0n) is 9.99. The van der Waals surface area contributed by atoms with E-state index >= 15 is 0 Å². The average molecular weight is 233 g/mol. The van der Waals surface area contributed by atoms with E-state index in [1.165, 1.54) is 28.5 Å². The van der Waals surface area contributed by atoms with Crippen LogP contribution >= 0.6 is 11.3 Å². The SMILES string of the molecule is CNCCC(C)Cc1csc2ccccc12. The highest BCUT2D eigenvalue weighted by atomic mass is 32.1. The van der Waals surface area contributed by atoms with Gasteiger partial charge in [-0.1, -0.05) is 25.1 Å². The number of fused-ring (bicyclic) bond motifs is 1. The van der Waals surface area contributed by atoms with Crippen LogP contribution in [0.4, 0.5) is 0 Å². The molecule has 2 aromatic rings. The van der Waals surface area contributed by atoms with Gasteiger partial charge in [-0.05, 0) is 54.7 Å². The van der Waals surface area contributed by atoms with Gasteiger partial charge in [0, 0.05) is 4.70 Å². The van der Waals surface area contributed by atoms with Crippen molar-refractivity contribution in [1.82, 2.24) is 5.32 Å². The van der Waals surface area contributed by atoms with Crippen molar-refractivity contribution < 1.29 is 0 Å². The third kappa shape index (κ3) is 2.63. The molecule has 0 aliphatic heterocycles. The van der Waals surface area contributed by atoms with Crippen LogP contribution < -0.4 is 5.32 Å². The summed E-state index contributed by atoms with van der Waals surface area (Å²) < 4.78 is 1.42. The lowest BCUT2D eigenvalue weighted by atomic mass is 9.98. The highest BCUT2D eigenvalue weighted by Gasteiger charge is 2.07. The van der Waals surface area contributed by atoms with Crippen LogP contribution in [0, 0.1) is 5.92 Å². The minimum absolute atomic E-state index is 0.755. The molecule has 86 valence electrons. The molecule has 1 heterocycles. The van der Waals surface area contributed by atoms with Gasteiger partial charge < -0.3 is 5.32 Å². The lowest BCUT2D eigenvalue weighted by Gasteiger charge is -2.10. The molecule has 1 aromatic carbocycles. The molecule has 1 unspecified atom stereocenters. The molecule has 1 N–H and O–H groups in total. The smallest absolute Gasteiger partial charge is 0.0345 e. The molecule has 0 amide bonds. The zero-order chi connectivity index (χ0) is 11.4. The molecule has 0 bridgehead atoms. The first kappa shape index (κ1) is 11.6. The fourth-order valence-electron chi connectivity index (χ4n) is 2.06. The predicted octanol–water partition coefficient (Wildman–Crippen LogP) is 3.69.